The second-order valence-electron chi connectivity index (χ2n) is 6.48. The van der Waals surface area contributed by atoms with Crippen LogP contribution in [-0.4, -0.2) is 48.9 Å². The first kappa shape index (κ1) is 16.5. The molecule has 0 saturated heterocycles. The summed E-state index contributed by atoms with van der Waals surface area (Å²) < 4.78 is 0. The summed E-state index contributed by atoms with van der Waals surface area (Å²) in [5, 5.41) is 6.65. The molecule has 0 spiro atoms. The number of fused-ring (bicyclic) bond motifs is 1. The Kier molecular flexibility index (Phi) is 4.83. The van der Waals surface area contributed by atoms with Gasteiger partial charge in [-0.2, -0.15) is 0 Å². The number of amides is 2. The van der Waals surface area contributed by atoms with E-state index in [1.807, 2.05) is 0 Å². The Bertz CT molecular complexity index is 636. The highest BCUT2D eigenvalue weighted by Gasteiger charge is 2.34. The Balaban J connectivity index is 1.40. The molecule has 2 atom stereocenters. The Morgan fingerprint density at radius 1 is 1.21 bits per heavy atom. The van der Waals surface area contributed by atoms with Crippen LogP contribution in [0, 0.1) is 5.92 Å². The van der Waals surface area contributed by atoms with Gasteiger partial charge in [0.05, 0.1) is 11.1 Å². The summed E-state index contributed by atoms with van der Waals surface area (Å²) in [4.78, 5) is 30.0. The van der Waals surface area contributed by atoms with Crippen LogP contribution < -0.4 is 10.6 Å². The SMILES string of the molecule is CN=C(NCCCCN1C(=O)c2ccccc2C1=O)NC1CC1C. The summed E-state index contributed by atoms with van der Waals surface area (Å²) >= 11 is 0. The lowest BCUT2D eigenvalue weighted by Crippen LogP contribution is -2.39. The highest BCUT2D eigenvalue weighted by Crippen LogP contribution is 2.28. The molecule has 1 aliphatic carbocycles. The predicted molar refractivity (Wildman–Crippen MR) is 93.1 cm³/mol. The molecule has 6 heteroatoms. The van der Waals surface area contributed by atoms with Gasteiger partial charge in [0, 0.05) is 26.2 Å². The number of aliphatic imine (C=N–C) groups is 1. The summed E-state index contributed by atoms with van der Waals surface area (Å²) in [5.41, 5.74) is 1.03. The molecule has 2 unspecified atom stereocenters. The molecular formula is C18H24N4O2. The Morgan fingerprint density at radius 3 is 2.38 bits per heavy atom. The van der Waals surface area contributed by atoms with Crippen molar-refractivity contribution < 1.29 is 9.59 Å². The quantitative estimate of drug-likeness (QED) is 0.360. The van der Waals surface area contributed by atoms with Crippen LogP contribution in [0.4, 0.5) is 0 Å². The Labute approximate surface area is 142 Å². The van der Waals surface area contributed by atoms with Gasteiger partial charge in [-0.3, -0.25) is 19.5 Å². The van der Waals surface area contributed by atoms with Gasteiger partial charge in [0.15, 0.2) is 5.96 Å². The zero-order chi connectivity index (χ0) is 17.1. The maximum atomic E-state index is 12.2. The van der Waals surface area contributed by atoms with Crippen molar-refractivity contribution in [1.29, 1.82) is 0 Å². The number of carbonyl (C=O) groups excluding carboxylic acids is 2. The summed E-state index contributed by atoms with van der Waals surface area (Å²) in [6.07, 6.45) is 2.84. The van der Waals surface area contributed by atoms with Gasteiger partial charge in [-0.25, -0.2) is 0 Å². The molecule has 24 heavy (non-hydrogen) atoms. The molecule has 2 amide bonds. The van der Waals surface area contributed by atoms with Crippen LogP contribution in [0.5, 0.6) is 0 Å². The molecular weight excluding hydrogens is 304 g/mol. The minimum absolute atomic E-state index is 0.177. The van der Waals surface area contributed by atoms with E-state index in [-0.39, 0.29) is 11.8 Å². The number of benzene rings is 1. The summed E-state index contributed by atoms with van der Waals surface area (Å²) in [6.45, 7) is 3.44. The third-order valence-corrected chi connectivity index (χ3v) is 4.63. The largest absolute Gasteiger partial charge is 0.356 e. The first-order chi connectivity index (χ1) is 11.6. The number of guanidine groups is 1. The van der Waals surface area contributed by atoms with Crippen LogP contribution in [-0.2, 0) is 0 Å². The van der Waals surface area contributed by atoms with Gasteiger partial charge in [-0.15, -0.1) is 0 Å². The van der Waals surface area contributed by atoms with E-state index in [9.17, 15) is 9.59 Å². The molecule has 3 rings (SSSR count). The number of unbranched alkanes of at least 4 members (excludes halogenated alkanes) is 1. The first-order valence-corrected chi connectivity index (χ1v) is 8.54. The lowest BCUT2D eigenvalue weighted by Gasteiger charge is -2.14. The van der Waals surface area contributed by atoms with E-state index in [1.54, 1.807) is 31.3 Å². The number of hydrogen-bond donors (Lipinski definition) is 2. The standard InChI is InChI=1S/C18H24N4O2/c1-12-11-15(12)21-18(19-2)20-9-5-6-10-22-16(23)13-7-3-4-8-14(13)17(22)24/h3-4,7-8,12,15H,5-6,9-11H2,1-2H3,(H2,19,20,21). The Morgan fingerprint density at radius 2 is 1.83 bits per heavy atom. The van der Waals surface area contributed by atoms with E-state index in [0.717, 1.165) is 31.3 Å². The molecule has 128 valence electrons. The highest BCUT2D eigenvalue weighted by atomic mass is 16.2. The fraction of sp³-hybridized carbons (Fsp3) is 0.500. The van der Waals surface area contributed by atoms with Gasteiger partial charge in [0.25, 0.3) is 11.8 Å². The van der Waals surface area contributed by atoms with Crippen LogP contribution in [0.1, 0.15) is 46.9 Å². The molecule has 1 fully saturated rings. The topological polar surface area (TPSA) is 73.8 Å². The van der Waals surface area contributed by atoms with Gasteiger partial charge in [-0.05, 0) is 37.3 Å². The van der Waals surface area contributed by atoms with E-state index in [4.69, 9.17) is 0 Å². The minimum Gasteiger partial charge on any atom is -0.356 e. The summed E-state index contributed by atoms with van der Waals surface area (Å²) in [7, 11) is 1.77. The summed E-state index contributed by atoms with van der Waals surface area (Å²) in [6, 6.07) is 7.54. The lowest BCUT2D eigenvalue weighted by atomic mass is 10.1. The number of hydrogen-bond acceptors (Lipinski definition) is 3. The molecule has 1 aliphatic heterocycles. The zero-order valence-corrected chi connectivity index (χ0v) is 14.2. The molecule has 1 heterocycles. The van der Waals surface area contributed by atoms with E-state index in [2.05, 4.69) is 22.5 Å². The van der Waals surface area contributed by atoms with Gasteiger partial charge < -0.3 is 10.6 Å². The Hall–Kier alpha value is -2.37. The van der Waals surface area contributed by atoms with Gasteiger partial charge >= 0.3 is 0 Å². The van der Waals surface area contributed by atoms with E-state index in [0.29, 0.717) is 23.7 Å². The molecule has 0 radical (unpaired) electrons. The van der Waals surface area contributed by atoms with Gasteiger partial charge in [0.2, 0.25) is 0 Å². The van der Waals surface area contributed by atoms with Gasteiger partial charge in [-0.1, -0.05) is 19.1 Å². The molecule has 1 saturated carbocycles. The smallest absolute Gasteiger partial charge is 0.261 e. The number of nitrogens with one attached hydrogen (secondary N) is 2. The molecule has 0 bridgehead atoms. The van der Waals surface area contributed by atoms with Crippen molar-refractivity contribution in [3.63, 3.8) is 0 Å². The van der Waals surface area contributed by atoms with Crippen LogP contribution in [0.25, 0.3) is 0 Å². The monoisotopic (exact) mass is 328 g/mol. The summed E-state index contributed by atoms with van der Waals surface area (Å²) in [5.74, 6) is 1.19. The van der Waals surface area contributed by atoms with Crippen molar-refractivity contribution in [3.8, 4) is 0 Å². The van der Waals surface area contributed by atoms with Crippen molar-refractivity contribution in [2.24, 2.45) is 10.9 Å². The fourth-order valence-electron chi connectivity index (χ4n) is 2.94. The third kappa shape index (κ3) is 3.42. The molecule has 1 aromatic rings. The van der Waals surface area contributed by atoms with E-state index < -0.39 is 0 Å². The second-order valence-corrected chi connectivity index (χ2v) is 6.48. The maximum Gasteiger partial charge on any atom is 0.261 e. The molecule has 2 N–H and O–H groups in total. The third-order valence-electron chi connectivity index (χ3n) is 4.63. The van der Waals surface area contributed by atoms with Crippen molar-refractivity contribution in [1.82, 2.24) is 15.5 Å². The number of imide groups is 1. The average molecular weight is 328 g/mol. The van der Waals surface area contributed by atoms with Crippen molar-refractivity contribution in [2.45, 2.75) is 32.2 Å². The second kappa shape index (κ2) is 7.03. The van der Waals surface area contributed by atoms with Crippen LogP contribution >= 0.6 is 0 Å². The van der Waals surface area contributed by atoms with Crippen LogP contribution in [0.3, 0.4) is 0 Å². The van der Waals surface area contributed by atoms with Crippen LogP contribution in [0.2, 0.25) is 0 Å². The number of nitrogens with zero attached hydrogens (tertiary/aromatic N) is 2. The van der Waals surface area contributed by atoms with E-state index in [1.165, 1.54) is 11.3 Å². The maximum absolute atomic E-state index is 12.2. The molecule has 0 aromatic heterocycles. The average Bonchev–Trinajstić information content (AvgIpc) is 3.24. The lowest BCUT2D eigenvalue weighted by molar-refractivity contribution is 0.0652. The predicted octanol–water partition coefficient (Wildman–Crippen LogP) is 1.64. The van der Waals surface area contributed by atoms with Gasteiger partial charge in [0.1, 0.15) is 0 Å². The highest BCUT2D eigenvalue weighted by molar-refractivity contribution is 6.21. The van der Waals surface area contributed by atoms with Crippen molar-refractivity contribution >= 4 is 17.8 Å². The normalized spacial score (nSPS) is 22.6. The molecule has 6 nitrogen and oxygen atoms in total. The fourth-order valence-corrected chi connectivity index (χ4v) is 2.94. The zero-order valence-electron chi connectivity index (χ0n) is 14.2. The molecule has 2 aliphatic rings. The van der Waals surface area contributed by atoms with Crippen LogP contribution in [0.15, 0.2) is 29.3 Å². The van der Waals surface area contributed by atoms with Crippen molar-refractivity contribution in [3.05, 3.63) is 35.4 Å². The van der Waals surface area contributed by atoms with Crippen molar-refractivity contribution in [2.75, 3.05) is 20.1 Å². The van der Waals surface area contributed by atoms with E-state index >= 15 is 0 Å². The number of carbonyl (C=O) groups is 2. The number of rotatable bonds is 6. The minimum atomic E-state index is -0.177. The molecule has 1 aromatic carbocycles. The first-order valence-electron chi connectivity index (χ1n) is 8.54.